The molecular weight excluding hydrogens is 205 g/mol. The molecule has 0 heterocycles. The van der Waals surface area contributed by atoms with E-state index in [0.717, 1.165) is 12.1 Å². The lowest BCUT2D eigenvalue weighted by molar-refractivity contribution is -0.137. The lowest BCUT2D eigenvalue weighted by Crippen LogP contribution is -2.04. The summed E-state index contributed by atoms with van der Waals surface area (Å²) in [6, 6.07) is 4.90. The van der Waals surface area contributed by atoms with Gasteiger partial charge in [-0.3, -0.25) is 4.79 Å². The van der Waals surface area contributed by atoms with Crippen molar-refractivity contribution in [3.63, 3.8) is 0 Å². The Morgan fingerprint density at radius 2 is 2.07 bits per heavy atom. The lowest BCUT2D eigenvalue weighted by Gasteiger charge is -2.06. The van der Waals surface area contributed by atoms with E-state index in [1.54, 1.807) is 6.29 Å². The van der Waals surface area contributed by atoms with Crippen molar-refractivity contribution in [1.29, 1.82) is 0 Å². The van der Waals surface area contributed by atoms with E-state index < -0.39 is 11.7 Å². The van der Waals surface area contributed by atoms with E-state index in [-0.39, 0.29) is 6.42 Å². The SMILES string of the molecule is O=[C]C/C=C/c1cccc(C(F)(F)F)c1. The molecule has 0 aliphatic carbocycles. The second-order valence-electron chi connectivity index (χ2n) is 2.87. The molecule has 1 aromatic rings. The first kappa shape index (κ1) is 11.5. The molecule has 0 aromatic heterocycles. The number of halogens is 3. The minimum absolute atomic E-state index is 0.0796. The summed E-state index contributed by atoms with van der Waals surface area (Å²) in [6.07, 6.45) is 0.290. The fourth-order valence-electron chi connectivity index (χ4n) is 1.06. The highest BCUT2D eigenvalue weighted by Gasteiger charge is 2.30. The van der Waals surface area contributed by atoms with Gasteiger partial charge < -0.3 is 0 Å². The predicted octanol–water partition coefficient (Wildman–Crippen LogP) is 3.22. The monoisotopic (exact) mass is 213 g/mol. The van der Waals surface area contributed by atoms with Gasteiger partial charge >= 0.3 is 6.18 Å². The summed E-state index contributed by atoms with van der Waals surface area (Å²) in [6.45, 7) is 0. The Morgan fingerprint density at radius 3 is 2.67 bits per heavy atom. The van der Waals surface area contributed by atoms with Gasteiger partial charge in [0.1, 0.15) is 0 Å². The molecule has 0 amide bonds. The zero-order chi connectivity index (χ0) is 11.3. The van der Waals surface area contributed by atoms with E-state index in [2.05, 4.69) is 0 Å². The third-order valence-corrected chi connectivity index (χ3v) is 1.73. The smallest absolute Gasteiger partial charge is 0.291 e. The average molecular weight is 213 g/mol. The van der Waals surface area contributed by atoms with Crippen LogP contribution in [0.15, 0.2) is 30.3 Å². The lowest BCUT2D eigenvalue weighted by atomic mass is 10.1. The first-order chi connectivity index (χ1) is 7.04. The van der Waals surface area contributed by atoms with Crippen molar-refractivity contribution >= 4 is 12.4 Å². The van der Waals surface area contributed by atoms with Gasteiger partial charge in [-0.15, -0.1) is 0 Å². The van der Waals surface area contributed by atoms with Crippen LogP contribution in [0.4, 0.5) is 13.2 Å². The fourth-order valence-corrected chi connectivity index (χ4v) is 1.06. The number of benzene rings is 1. The third-order valence-electron chi connectivity index (χ3n) is 1.73. The van der Waals surface area contributed by atoms with Crippen molar-refractivity contribution < 1.29 is 18.0 Å². The summed E-state index contributed by atoms with van der Waals surface area (Å²) in [5, 5.41) is 0. The van der Waals surface area contributed by atoms with Crippen molar-refractivity contribution in [3.05, 3.63) is 41.5 Å². The number of allylic oxidation sites excluding steroid dienone is 1. The maximum atomic E-state index is 12.3. The first-order valence-electron chi connectivity index (χ1n) is 4.23. The van der Waals surface area contributed by atoms with Crippen molar-refractivity contribution in [2.45, 2.75) is 12.6 Å². The standard InChI is InChI=1S/C11H8F3O/c12-11(13,14)10-6-3-5-9(8-10)4-1-2-7-15/h1,3-6,8H,2H2/b4-1+. The Hall–Kier alpha value is -1.58. The summed E-state index contributed by atoms with van der Waals surface area (Å²) in [5.74, 6) is 0. The number of carbonyl (C=O) groups excluding carboxylic acids is 1. The summed E-state index contributed by atoms with van der Waals surface area (Å²) in [7, 11) is 0. The largest absolute Gasteiger partial charge is 0.416 e. The van der Waals surface area contributed by atoms with Crippen molar-refractivity contribution in [3.8, 4) is 0 Å². The summed E-state index contributed by atoms with van der Waals surface area (Å²) >= 11 is 0. The molecular formula is C11H8F3O. The molecule has 1 aromatic carbocycles. The van der Waals surface area contributed by atoms with E-state index in [0.29, 0.717) is 5.56 Å². The van der Waals surface area contributed by atoms with Crippen molar-refractivity contribution in [1.82, 2.24) is 0 Å². The third kappa shape index (κ3) is 3.58. The molecule has 0 saturated heterocycles. The Kier molecular flexibility index (Phi) is 3.66. The van der Waals surface area contributed by atoms with Gasteiger partial charge in [-0.05, 0) is 17.7 Å². The Balaban J connectivity index is 2.88. The van der Waals surface area contributed by atoms with E-state index >= 15 is 0 Å². The molecule has 0 aliphatic rings. The summed E-state index contributed by atoms with van der Waals surface area (Å²) < 4.78 is 36.8. The highest BCUT2D eigenvalue weighted by molar-refractivity contribution is 5.58. The molecule has 0 N–H and O–H groups in total. The molecule has 15 heavy (non-hydrogen) atoms. The molecule has 0 aliphatic heterocycles. The minimum atomic E-state index is -4.33. The molecule has 0 atom stereocenters. The maximum absolute atomic E-state index is 12.3. The molecule has 1 nitrogen and oxygen atoms in total. The maximum Gasteiger partial charge on any atom is 0.416 e. The quantitative estimate of drug-likeness (QED) is 0.753. The normalized spacial score (nSPS) is 11.9. The van der Waals surface area contributed by atoms with Crippen molar-refractivity contribution in [2.75, 3.05) is 0 Å². The van der Waals surface area contributed by atoms with Gasteiger partial charge in [0.25, 0.3) is 0 Å². The predicted molar refractivity (Wildman–Crippen MR) is 50.8 cm³/mol. The van der Waals surface area contributed by atoms with Crippen LogP contribution in [0, 0.1) is 0 Å². The molecule has 1 radical (unpaired) electrons. The first-order valence-corrected chi connectivity index (χ1v) is 4.23. The topological polar surface area (TPSA) is 17.1 Å². The average Bonchev–Trinajstić information content (AvgIpc) is 2.17. The molecule has 4 heteroatoms. The number of hydrogen-bond acceptors (Lipinski definition) is 1. The number of alkyl halides is 3. The highest BCUT2D eigenvalue weighted by atomic mass is 19.4. The molecule has 0 unspecified atom stereocenters. The van der Waals surface area contributed by atoms with Crippen molar-refractivity contribution in [2.24, 2.45) is 0 Å². The molecule has 1 rings (SSSR count). The van der Waals surface area contributed by atoms with E-state index in [1.165, 1.54) is 24.3 Å². The molecule has 79 valence electrons. The van der Waals surface area contributed by atoms with Gasteiger partial charge in [0.15, 0.2) is 0 Å². The van der Waals surface area contributed by atoms with Crippen LogP contribution in [0.5, 0.6) is 0 Å². The van der Waals surface area contributed by atoms with Crippen LogP contribution >= 0.6 is 0 Å². The van der Waals surface area contributed by atoms with Gasteiger partial charge in [-0.25, -0.2) is 0 Å². The Labute approximate surface area is 85.2 Å². The zero-order valence-electron chi connectivity index (χ0n) is 7.71. The van der Waals surface area contributed by atoms with Gasteiger partial charge in [0, 0.05) is 6.42 Å². The van der Waals surface area contributed by atoms with Gasteiger partial charge in [-0.2, -0.15) is 13.2 Å². The van der Waals surface area contributed by atoms with Crippen LogP contribution in [0.2, 0.25) is 0 Å². The van der Waals surface area contributed by atoms with Crippen LogP contribution in [-0.2, 0) is 11.0 Å². The minimum Gasteiger partial charge on any atom is -0.291 e. The Bertz CT molecular complexity index is 366. The zero-order valence-corrected chi connectivity index (χ0v) is 7.71. The van der Waals surface area contributed by atoms with Crippen LogP contribution < -0.4 is 0 Å². The van der Waals surface area contributed by atoms with Crippen LogP contribution in [-0.4, -0.2) is 6.29 Å². The van der Waals surface area contributed by atoms with Gasteiger partial charge in [0.2, 0.25) is 6.29 Å². The van der Waals surface area contributed by atoms with E-state index in [9.17, 15) is 18.0 Å². The number of hydrogen-bond donors (Lipinski definition) is 0. The van der Waals surface area contributed by atoms with Crippen LogP contribution in [0.3, 0.4) is 0 Å². The summed E-state index contributed by atoms with van der Waals surface area (Å²) in [5.41, 5.74) is -0.278. The Morgan fingerprint density at radius 1 is 1.33 bits per heavy atom. The van der Waals surface area contributed by atoms with Crippen LogP contribution in [0.25, 0.3) is 6.08 Å². The molecule has 0 saturated carbocycles. The van der Waals surface area contributed by atoms with Gasteiger partial charge in [-0.1, -0.05) is 24.3 Å². The molecule has 0 bridgehead atoms. The van der Waals surface area contributed by atoms with Gasteiger partial charge in [0.05, 0.1) is 5.56 Å². The second-order valence-corrected chi connectivity index (χ2v) is 2.87. The molecule has 0 spiro atoms. The second kappa shape index (κ2) is 4.77. The number of rotatable bonds is 3. The van der Waals surface area contributed by atoms with E-state index in [1.807, 2.05) is 0 Å². The molecule has 0 fully saturated rings. The highest BCUT2D eigenvalue weighted by Crippen LogP contribution is 2.29. The van der Waals surface area contributed by atoms with E-state index in [4.69, 9.17) is 0 Å². The summed E-state index contributed by atoms with van der Waals surface area (Å²) in [4.78, 5) is 9.87. The fraction of sp³-hybridized carbons (Fsp3) is 0.182. The van der Waals surface area contributed by atoms with Crippen LogP contribution in [0.1, 0.15) is 17.5 Å².